The Hall–Kier alpha value is -3.18. The number of methoxy groups -OCH3 is 1. The van der Waals surface area contributed by atoms with E-state index in [9.17, 15) is 0 Å². The molecule has 1 aliphatic heterocycles. The van der Waals surface area contributed by atoms with Crippen LogP contribution in [0.5, 0.6) is 17.2 Å². The minimum absolute atomic E-state index is 0.254. The lowest BCUT2D eigenvalue weighted by molar-refractivity contribution is 0.174. The molecule has 31 heavy (non-hydrogen) atoms. The Labute approximate surface area is 184 Å². The van der Waals surface area contributed by atoms with Crippen LogP contribution in [0.3, 0.4) is 0 Å². The van der Waals surface area contributed by atoms with Gasteiger partial charge in [0.05, 0.1) is 7.11 Å². The van der Waals surface area contributed by atoms with Gasteiger partial charge in [0.25, 0.3) is 0 Å². The van der Waals surface area contributed by atoms with Crippen LogP contribution in [0.1, 0.15) is 29.0 Å². The average molecular weight is 419 g/mol. The zero-order valence-corrected chi connectivity index (χ0v) is 18.4. The highest BCUT2D eigenvalue weighted by Crippen LogP contribution is 2.37. The van der Waals surface area contributed by atoms with Crippen molar-refractivity contribution in [2.45, 2.75) is 18.9 Å². The topological polar surface area (TPSA) is 43.0 Å². The van der Waals surface area contributed by atoms with Crippen LogP contribution in [-0.2, 0) is 6.54 Å². The molecule has 1 unspecified atom stereocenters. The first-order valence-corrected chi connectivity index (χ1v) is 10.6. The molecule has 1 aliphatic rings. The Morgan fingerprint density at radius 3 is 2.32 bits per heavy atom. The van der Waals surface area contributed by atoms with Gasteiger partial charge in [0.15, 0.2) is 11.5 Å². The van der Waals surface area contributed by atoms with Gasteiger partial charge in [-0.1, -0.05) is 30.3 Å². The Kier molecular flexibility index (Phi) is 6.63. The SMILES string of the molecule is COc1ccc(C(CCNCc2ccc(N(C)C)cc2)c2ccc3c(c2)OCO3)cc1. The van der Waals surface area contributed by atoms with E-state index in [2.05, 4.69) is 72.8 Å². The number of hydrogen-bond donors (Lipinski definition) is 1. The highest BCUT2D eigenvalue weighted by Gasteiger charge is 2.19. The molecule has 0 aliphatic carbocycles. The van der Waals surface area contributed by atoms with E-state index in [1.807, 2.05) is 18.2 Å². The molecule has 0 amide bonds. The van der Waals surface area contributed by atoms with Gasteiger partial charge in [0.2, 0.25) is 6.79 Å². The van der Waals surface area contributed by atoms with Crippen LogP contribution in [0.4, 0.5) is 5.69 Å². The zero-order valence-electron chi connectivity index (χ0n) is 18.4. The Bertz CT molecular complexity index is 985. The van der Waals surface area contributed by atoms with Crippen molar-refractivity contribution < 1.29 is 14.2 Å². The van der Waals surface area contributed by atoms with Gasteiger partial charge in [-0.15, -0.1) is 0 Å². The van der Waals surface area contributed by atoms with Gasteiger partial charge in [0.1, 0.15) is 5.75 Å². The second-order valence-corrected chi connectivity index (χ2v) is 7.96. The second kappa shape index (κ2) is 9.75. The van der Waals surface area contributed by atoms with Crippen molar-refractivity contribution in [2.75, 3.05) is 39.4 Å². The molecule has 0 radical (unpaired) electrons. The number of anilines is 1. The third kappa shape index (κ3) is 5.12. The van der Waals surface area contributed by atoms with Crippen molar-refractivity contribution in [1.82, 2.24) is 5.32 Å². The predicted octanol–water partition coefficient (Wildman–Crippen LogP) is 4.80. The lowest BCUT2D eigenvalue weighted by atomic mass is 9.88. The molecular weight excluding hydrogens is 388 g/mol. The summed E-state index contributed by atoms with van der Waals surface area (Å²) < 4.78 is 16.4. The molecule has 162 valence electrons. The molecule has 0 saturated carbocycles. The van der Waals surface area contributed by atoms with Gasteiger partial charge in [-0.05, 0) is 66.1 Å². The van der Waals surface area contributed by atoms with Crippen LogP contribution in [-0.4, -0.2) is 34.5 Å². The first-order chi connectivity index (χ1) is 15.1. The van der Waals surface area contributed by atoms with E-state index in [1.165, 1.54) is 22.4 Å². The minimum Gasteiger partial charge on any atom is -0.497 e. The molecule has 0 spiro atoms. The first kappa shape index (κ1) is 21.1. The van der Waals surface area contributed by atoms with Crippen molar-refractivity contribution in [1.29, 1.82) is 0 Å². The maximum absolute atomic E-state index is 5.61. The van der Waals surface area contributed by atoms with E-state index in [-0.39, 0.29) is 5.92 Å². The fourth-order valence-electron chi connectivity index (χ4n) is 3.88. The molecule has 3 aromatic carbocycles. The highest BCUT2D eigenvalue weighted by molar-refractivity contribution is 5.48. The Morgan fingerprint density at radius 2 is 1.61 bits per heavy atom. The summed E-state index contributed by atoms with van der Waals surface area (Å²) in [5.74, 6) is 2.76. The summed E-state index contributed by atoms with van der Waals surface area (Å²) >= 11 is 0. The summed E-state index contributed by atoms with van der Waals surface area (Å²) in [6, 6.07) is 23.3. The lowest BCUT2D eigenvalue weighted by Crippen LogP contribution is -2.18. The molecule has 1 atom stereocenters. The molecular formula is C26H30N2O3. The zero-order chi connectivity index (χ0) is 21.6. The largest absolute Gasteiger partial charge is 0.497 e. The van der Waals surface area contributed by atoms with E-state index in [4.69, 9.17) is 14.2 Å². The van der Waals surface area contributed by atoms with Gasteiger partial charge in [0, 0.05) is 32.2 Å². The van der Waals surface area contributed by atoms with E-state index >= 15 is 0 Å². The standard InChI is InChI=1S/C26H30N2O3/c1-28(2)22-9-4-19(5-10-22)17-27-15-14-24(20-6-11-23(29-3)12-7-20)21-8-13-25-26(16-21)31-18-30-25/h4-13,16,24,27H,14-15,17-18H2,1-3H3. The van der Waals surface area contributed by atoms with Gasteiger partial charge >= 0.3 is 0 Å². The number of nitrogens with one attached hydrogen (secondary N) is 1. The summed E-state index contributed by atoms with van der Waals surface area (Å²) in [6.07, 6.45) is 0.974. The fourth-order valence-corrected chi connectivity index (χ4v) is 3.88. The quantitative estimate of drug-likeness (QED) is 0.506. The number of ether oxygens (including phenoxy) is 3. The van der Waals surface area contributed by atoms with Crippen molar-refractivity contribution >= 4 is 5.69 Å². The van der Waals surface area contributed by atoms with Gasteiger partial charge in [-0.2, -0.15) is 0 Å². The van der Waals surface area contributed by atoms with Crippen LogP contribution < -0.4 is 24.4 Å². The van der Waals surface area contributed by atoms with Crippen molar-refractivity contribution in [2.24, 2.45) is 0 Å². The molecule has 0 saturated heterocycles. The molecule has 0 aromatic heterocycles. The number of benzene rings is 3. The van der Waals surface area contributed by atoms with Gasteiger partial charge in [-0.25, -0.2) is 0 Å². The molecule has 5 heteroatoms. The Balaban J connectivity index is 1.44. The summed E-state index contributed by atoms with van der Waals surface area (Å²) in [6.45, 7) is 2.05. The van der Waals surface area contributed by atoms with Crippen LogP contribution in [0, 0.1) is 0 Å². The first-order valence-electron chi connectivity index (χ1n) is 10.6. The molecule has 0 bridgehead atoms. The van der Waals surface area contributed by atoms with E-state index in [0.29, 0.717) is 6.79 Å². The fraction of sp³-hybridized carbons (Fsp3) is 0.308. The van der Waals surface area contributed by atoms with E-state index in [1.54, 1.807) is 7.11 Å². The van der Waals surface area contributed by atoms with Crippen molar-refractivity contribution in [3.8, 4) is 17.2 Å². The molecule has 4 rings (SSSR count). The maximum Gasteiger partial charge on any atom is 0.231 e. The van der Waals surface area contributed by atoms with E-state index in [0.717, 1.165) is 36.8 Å². The van der Waals surface area contributed by atoms with Crippen LogP contribution in [0.2, 0.25) is 0 Å². The van der Waals surface area contributed by atoms with Gasteiger partial charge < -0.3 is 24.4 Å². The molecule has 1 N–H and O–H groups in total. The molecule has 3 aromatic rings. The van der Waals surface area contributed by atoms with Crippen LogP contribution in [0.25, 0.3) is 0 Å². The molecule has 0 fully saturated rings. The Morgan fingerprint density at radius 1 is 0.903 bits per heavy atom. The second-order valence-electron chi connectivity index (χ2n) is 7.96. The number of rotatable bonds is 9. The normalized spacial score (nSPS) is 13.1. The molecule has 1 heterocycles. The summed E-state index contributed by atoms with van der Waals surface area (Å²) in [7, 11) is 5.81. The summed E-state index contributed by atoms with van der Waals surface area (Å²) in [4.78, 5) is 2.11. The monoisotopic (exact) mass is 418 g/mol. The number of hydrogen-bond acceptors (Lipinski definition) is 5. The van der Waals surface area contributed by atoms with E-state index < -0.39 is 0 Å². The highest BCUT2D eigenvalue weighted by atomic mass is 16.7. The smallest absolute Gasteiger partial charge is 0.231 e. The van der Waals surface area contributed by atoms with Crippen LogP contribution >= 0.6 is 0 Å². The summed E-state index contributed by atoms with van der Waals surface area (Å²) in [5, 5.41) is 3.60. The van der Waals surface area contributed by atoms with Crippen LogP contribution in [0.15, 0.2) is 66.7 Å². The average Bonchev–Trinajstić information content (AvgIpc) is 3.27. The van der Waals surface area contributed by atoms with Gasteiger partial charge in [-0.3, -0.25) is 0 Å². The predicted molar refractivity (Wildman–Crippen MR) is 124 cm³/mol. The number of fused-ring (bicyclic) bond motifs is 1. The number of nitrogens with zero attached hydrogens (tertiary/aromatic N) is 1. The maximum atomic E-state index is 5.61. The van der Waals surface area contributed by atoms with Crippen molar-refractivity contribution in [3.05, 3.63) is 83.4 Å². The third-order valence-corrected chi connectivity index (χ3v) is 5.71. The van der Waals surface area contributed by atoms with Crippen molar-refractivity contribution in [3.63, 3.8) is 0 Å². The minimum atomic E-state index is 0.254. The summed E-state index contributed by atoms with van der Waals surface area (Å²) in [5.41, 5.74) is 4.99. The lowest BCUT2D eigenvalue weighted by Gasteiger charge is -2.19. The third-order valence-electron chi connectivity index (χ3n) is 5.71. The molecule has 5 nitrogen and oxygen atoms in total.